The zero-order valence-electron chi connectivity index (χ0n) is 17.6. The molecular weight excluding hydrogens is 393 g/mol. The molecule has 2 N–H and O–H groups in total. The summed E-state index contributed by atoms with van der Waals surface area (Å²) in [4.78, 5) is 19.8. The molecule has 2 aromatic heterocycles. The van der Waals surface area contributed by atoms with Crippen LogP contribution in [0.4, 0.5) is 10.2 Å². The molecule has 1 aliphatic heterocycles. The molecule has 3 aromatic rings. The minimum Gasteiger partial charge on any atom is -0.364 e. The summed E-state index contributed by atoms with van der Waals surface area (Å²) in [5.41, 5.74) is 2.75. The molecule has 1 saturated carbocycles. The number of amides is 1. The third kappa shape index (κ3) is 4.27. The maximum absolute atomic E-state index is 13.1. The van der Waals surface area contributed by atoms with Gasteiger partial charge in [0, 0.05) is 37.2 Å². The molecule has 1 saturated heterocycles. The summed E-state index contributed by atoms with van der Waals surface area (Å²) in [6.45, 7) is 2.19. The van der Waals surface area contributed by atoms with E-state index in [0.29, 0.717) is 12.5 Å². The summed E-state index contributed by atoms with van der Waals surface area (Å²) >= 11 is 0. The Kier molecular flexibility index (Phi) is 5.57. The summed E-state index contributed by atoms with van der Waals surface area (Å²) < 4.78 is 13.1. The fourth-order valence-electron chi connectivity index (χ4n) is 4.92. The number of piperidine rings is 1. The van der Waals surface area contributed by atoms with Gasteiger partial charge in [0.2, 0.25) is 5.91 Å². The first-order valence-corrected chi connectivity index (χ1v) is 11.3. The molecule has 2 aliphatic rings. The molecule has 5 rings (SSSR count). The van der Waals surface area contributed by atoms with E-state index in [0.717, 1.165) is 66.9 Å². The number of carbonyl (C=O) groups excluding carboxylic acids is 1. The maximum atomic E-state index is 13.1. The average molecular weight is 422 g/mol. The first-order chi connectivity index (χ1) is 15.2. The van der Waals surface area contributed by atoms with Crippen molar-refractivity contribution >= 4 is 22.8 Å². The number of anilines is 1. The number of fused-ring (bicyclic) bond motifs is 1. The van der Waals surface area contributed by atoms with Crippen LogP contribution in [-0.2, 0) is 11.3 Å². The van der Waals surface area contributed by atoms with E-state index >= 15 is 0 Å². The molecule has 0 unspecified atom stereocenters. The van der Waals surface area contributed by atoms with Crippen LogP contribution < -0.4 is 5.32 Å². The number of carbonyl (C=O) groups is 1. The van der Waals surface area contributed by atoms with Gasteiger partial charge in [-0.2, -0.15) is 5.10 Å². The van der Waals surface area contributed by atoms with Crippen LogP contribution in [-0.4, -0.2) is 39.1 Å². The van der Waals surface area contributed by atoms with Crippen molar-refractivity contribution in [1.29, 1.82) is 0 Å². The second-order valence-corrected chi connectivity index (χ2v) is 8.79. The Labute approximate surface area is 181 Å². The topological polar surface area (TPSA) is 73.9 Å². The van der Waals surface area contributed by atoms with Crippen molar-refractivity contribution in [2.24, 2.45) is 5.92 Å². The van der Waals surface area contributed by atoms with Gasteiger partial charge >= 0.3 is 0 Å². The molecule has 2 fully saturated rings. The predicted molar refractivity (Wildman–Crippen MR) is 118 cm³/mol. The maximum Gasteiger partial charge on any atom is 0.225 e. The normalized spacial score (nSPS) is 19.8. The highest BCUT2D eigenvalue weighted by atomic mass is 19.1. The van der Waals surface area contributed by atoms with Gasteiger partial charge in [-0.15, -0.1) is 0 Å². The van der Waals surface area contributed by atoms with Crippen LogP contribution >= 0.6 is 0 Å². The lowest BCUT2D eigenvalue weighted by atomic mass is 9.93. The Balaban J connectivity index is 1.27. The van der Waals surface area contributed by atoms with E-state index in [1.807, 2.05) is 6.07 Å². The molecule has 7 heteroatoms. The van der Waals surface area contributed by atoms with Crippen molar-refractivity contribution in [2.75, 3.05) is 18.4 Å². The van der Waals surface area contributed by atoms with Gasteiger partial charge in [0.25, 0.3) is 0 Å². The molecule has 162 valence electrons. The van der Waals surface area contributed by atoms with Crippen LogP contribution in [0.5, 0.6) is 0 Å². The molecule has 1 amide bonds. The minimum absolute atomic E-state index is 0.233. The largest absolute Gasteiger partial charge is 0.364 e. The average Bonchev–Trinajstić information content (AvgIpc) is 3.48. The fraction of sp³-hybridized carbons (Fsp3) is 0.458. The van der Waals surface area contributed by atoms with Crippen LogP contribution in [0.3, 0.4) is 0 Å². The quantitative estimate of drug-likeness (QED) is 0.631. The SMILES string of the molecule is O=C(C1CCCC1)N1CCC[C@H](c2ccc3c(NCc4ccc(F)cc4)n[nH]c3n2)C1. The molecule has 3 heterocycles. The van der Waals surface area contributed by atoms with Crippen molar-refractivity contribution in [3.05, 3.63) is 53.5 Å². The van der Waals surface area contributed by atoms with Crippen LogP contribution in [0, 0.1) is 11.7 Å². The van der Waals surface area contributed by atoms with E-state index in [1.54, 1.807) is 12.1 Å². The molecular formula is C24H28FN5O. The lowest BCUT2D eigenvalue weighted by molar-refractivity contribution is -0.136. The van der Waals surface area contributed by atoms with Gasteiger partial charge in [-0.25, -0.2) is 9.37 Å². The first kappa shape index (κ1) is 20.0. The summed E-state index contributed by atoms with van der Waals surface area (Å²) in [5.74, 6) is 1.34. The molecule has 0 radical (unpaired) electrons. The summed E-state index contributed by atoms with van der Waals surface area (Å²) in [5, 5.41) is 11.6. The van der Waals surface area contributed by atoms with E-state index in [-0.39, 0.29) is 17.7 Å². The van der Waals surface area contributed by atoms with Gasteiger partial charge in [0.15, 0.2) is 11.5 Å². The zero-order chi connectivity index (χ0) is 21.2. The number of aromatic amines is 1. The van der Waals surface area contributed by atoms with Crippen LogP contribution in [0.1, 0.15) is 55.7 Å². The lowest BCUT2D eigenvalue weighted by Crippen LogP contribution is -2.42. The minimum atomic E-state index is -0.239. The lowest BCUT2D eigenvalue weighted by Gasteiger charge is -2.34. The molecule has 1 atom stereocenters. The highest BCUT2D eigenvalue weighted by Crippen LogP contribution is 2.32. The highest BCUT2D eigenvalue weighted by Gasteiger charge is 2.31. The number of H-pyrrole nitrogens is 1. The highest BCUT2D eigenvalue weighted by molar-refractivity contribution is 5.87. The Morgan fingerprint density at radius 2 is 1.90 bits per heavy atom. The second kappa shape index (κ2) is 8.65. The van der Waals surface area contributed by atoms with Gasteiger partial charge in [-0.1, -0.05) is 25.0 Å². The zero-order valence-corrected chi connectivity index (χ0v) is 17.6. The van der Waals surface area contributed by atoms with Crippen LogP contribution in [0.15, 0.2) is 36.4 Å². The Morgan fingerprint density at radius 3 is 2.71 bits per heavy atom. The van der Waals surface area contributed by atoms with E-state index in [4.69, 9.17) is 4.98 Å². The smallest absolute Gasteiger partial charge is 0.225 e. The van der Waals surface area contributed by atoms with Crippen molar-refractivity contribution in [3.63, 3.8) is 0 Å². The van der Waals surface area contributed by atoms with Crippen LogP contribution in [0.2, 0.25) is 0 Å². The molecule has 1 aliphatic carbocycles. The number of halogens is 1. The van der Waals surface area contributed by atoms with Crippen molar-refractivity contribution < 1.29 is 9.18 Å². The van der Waals surface area contributed by atoms with Crippen LogP contribution in [0.25, 0.3) is 11.0 Å². The number of pyridine rings is 1. The molecule has 0 bridgehead atoms. The first-order valence-electron chi connectivity index (χ1n) is 11.3. The Hall–Kier alpha value is -2.96. The fourth-order valence-corrected chi connectivity index (χ4v) is 4.92. The summed E-state index contributed by atoms with van der Waals surface area (Å²) in [7, 11) is 0. The standard InChI is InChI=1S/C24H28FN5O/c25-19-9-7-16(8-10-19)14-26-22-20-11-12-21(27-23(20)29-28-22)18-6-3-13-30(15-18)24(31)17-4-1-2-5-17/h7-12,17-18H,1-6,13-15H2,(H2,26,27,28,29)/t18-/m0/s1. The van der Waals surface area contributed by atoms with E-state index in [1.165, 1.54) is 25.0 Å². The van der Waals surface area contributed by atoms with Gasteiger partial charge < -0.3 is 10.2 Å². The number of hydrogen-bond donors (Lipinski definition) is 2. The third-order valence-electron chi connectivity index (χ3n) is 6.67. The Bertz CT molecular complexity index is 1060. The third-order valence-corrected chi connectivity index (χ3v) is 6.67. The summed E-state index contributed by atoms with van der Waals surface area (Å²) in [6, 6.07) is 10.5. The number of nitrogens with one attached hydrogen (secondary N) is 2. The van der Waals surface area contributed by atoms with Gasteiger partial charge in [0.1, 0.15) is 5.82 Å². The second-order valence-electron chi connectivity index (χ2n) is 8.79. The van der Waals surface area contributed by atoms with Crippen molar-refractivity contribution in [3.8, 4) is 0 Å². The van der Waals surface area contributed by atoms with Gasteiger partial charge in [-0.05, 0) is 55.5 Å². The molecule has 1 aromatic carbocycles. The predicted octanol–water partition coefficient (Wildman–Crippen LogP) is 4.61. The van der Waals surface area contributed by atoms with E-state index in [9.17, 15) is 9.18 Å². The number of aromatic nitrogens is 3. The number of likely N-dealkylation sites (tertiary alicyclic amines) is 1. The molecule has 6 nitrogen and oxygen atoms in total. The molecule has 31 heavy (non-hydrogen) atoms. The van der Waals surface area contributed by atoms with Gasteiger partial charge in [-0.3, -0.25) is 9.89 Å². The number of hydrogen-bond acceptors (Lipinski definition) is 4. The van der Waals surface area contributed by atoms with E-state index in [2.05, 4.69) is 26.5 Å². The summed E-state index contributed by atoms with van der Waals surface area (Å²) in [6.07, 6.45) is 6.54. The number of nitrogens with zero attached hydrogens (tertiary/aromatic N) is 3. The Morgan fingerprint density at radius 1 is 1.10 bits per heavy atom. The van der Waals surface area contributed by atoms with E-state index < -0.39 is 0 Å². The van der Waals surface area contributed by atoms with Crippen molar-refractivity contribution in [2.45, 2.75) is 51.0 Å². The number of benzene rings is 1. The van der Waals surface area contributed by atoms with Crippen molar-refractivity contribution in [1.82, 2.24) is 20.1 Å². The monoisotopic (exact) mass is 421 g/mol. The van der Waals surface area contributed by atoms with Gasteiger partial charge in [0.05, 0.1) is 5.39 Å². The number of rotatable bonds is 5. The molecule has 0 spiro atoms.